The van der Waals surface area contributed by atoms with Gasteiger partial charge in [-0.1, -0.05) is 32.0 Å². The lowest BCUT2D eigenvalue weighted by molar-refractivity contribution is -0.134. The fourth-order valence-corrected chi connectivity index (χ4v) is 4.28. The molecule has 6 nitrogen and oxygen atoms in total. The van der Waals surface area contributed by atoms with Crippen molar-refractivity contribution >= 4 is 5.91 Å². The molecule has 154 valence electrons. The third-order valence-corrected chi connectivity index (χ3v) is 5.91. The third kappa shape index (κ3) is 4.27. The third-order valence-electron chi connectivity index (χ3n) is 5.91. The Hall–Kier alpha value is -2.47. The quantitative estimate of drug-likeness (QED) is 0.779. The minimum absolute atomic E-state index is 0.00659. The average molecular weight is 395 g/mol. The molecule has 1 amide bonds. The Morgan fingerprint density at radius 2 is 2.10 bits per heavy atom. The average Bonchev–Trinajstić information content (AvgIpc) is 3.21. The Bertz CT molecular complexity index is 883. The number of hydrogen-bond donors (Lipinski definition) is 0. The topological polar surface area (TPSA) is 58.6 Å². The van der Waals surface area contributed by atoms with Crippen LogP contribution in [0.2, 0.25) is 0 Å². The van der Waals surface area contributed by atoms with Crippen molar-refractivity contribution in [1.29, 1.82) is 0 Å². The van der Waals surface area contributed by atoms with Crippen LogP contribution < -0.4 is 4.74 Å². The van der Waals surface area contributed by atoms with Crippen LogP contribution in [0.5, 0.6) is 5.75 Å². The van der Waals surface area contributed by atoms with Crippen molar-refractivity contribution in [3.05, 3.63) is 53.1 Å². The van der Waals surface area contributed by atoms with Gasteiger partial charge in [0.25, 0.3) is 5.91 Å². The van der Waals surface area contributed by atoms with Gasteiger partial charge in [-0.05, 0) is 37.4 Å². The summed E-state index contributed by atoms with van der Waals surface area (Å²) >= 11 is 0. The van der Waals surface area contributed by atoms with Gasteiger partial charge in [0.1, 0.15) is 5.75 Å². The molecule has 1 aromatic carbocycles. The second-order valence-electron chi connectivity index (χ2n) is 8.41. The van der Waals surface area contributed by atoms with E-state index in [4.69, 9.17) is 9.72 Å². The molecule has 1 saturated heterocycles. The molecule has 4 rings (SSSR count). The van der Waals surface area contributed by atoms with Crippen molar-refractivity contribution in [2.75, 3.05) is 26.7 Å². The normalized spacial score (nSPS) is 19.4. The number of para-hydroxylation sites is 1. The summed E-state index contributed by atoms with van der Waals surface area (Å²) in [6, 6.07) is 7.90. The first kappa shape index (κ1) is 19.8. The molecule has 2 aliphatic heterocycles. The van der Waals surface area contributed by atoms with Crippen molar-refractivity contribution in [2.24, 2.45) is 0 Å². The van der Waals surface area contributed by atoms with Gasteiger partial charge in [0.15, 0.2) is 12.4 Å². The molecule has 0 bridgehead atoms. The van der Waals surface area contributed by atoms with Crippen LogP contribution >= 0.6 is 0 Å². The van der Waals surface area contributed by atoms with Crippen LogP contribution in [0.15, 0.2) is 30.5 Å². The van der Waals surface area contributed by atoms with Crippen LogP contribution in [0, 0.1) is 0 Å². The highest BCUT2D eigenvalue weighted by Gasteiger charge is 2.33. The molecule has 2 aliphatic rings. The Morgan fingerprint density at radius 3 is 2.93 bits per heavy atom. The van der Waals surface area contributed by atoms with E-state index in [-0.39, 0.29) is 18.6 Å². The first-order chi connectivity index (χ1) is 14.0. The van der Waals surface area contributed by atoms with Gasteiger partial charge in [-0.2, -0.15) is 0 Å². The summed E-state index contributed by atoms with van der Waals surface area (Å²) in [4.78, 5) is 26.6. The molecule has 0 N–H and O–H groups in total. The molecule has 0 spiro atoms. The van der Waals surface area contributed by atoms with Gasteiger partial charge in [-0.15, -0.1) is 0 Å². The zero-order chi connectivity index (χ0) is 20.4. The maximum atomic E-state index is 13.0. The number of rotatable bonds is 5. The van der Waals surface area contributed by atoms with Gasteiger partial charge in [0.05, 0.1) is 6.04 Å². The molecular formula is C23H30N4O2. The highest BCUT2D eigenvalue weighted by Crippen LogP contribution is 2.31. The molecule has 1 fully saturated rings. The van der Waals surface area contributed by atoms with Gasteiger partial charge >= 0.3 is 0 Å². The van der Waals surface area contributed by atoms with E-state index in [0.717, 1.165) is 61.7 Å². The maximum absolute atomic E-state index is 13.0. The van der Waals surface area contributed by atoms with E-state index < -0.39 is 0 Å². The second kappa shape index (κ2) is 8.49. The monoisotopic (exact) mass is 394 g/mol. The molecule has 3 heterocycles. The predicted octanol–water partition coefficient (Wildman–Crippen LogP) is 3.33. The van der Waals surface area contributed by atoms with Gasteiger partial charge in [0, 0.05) is 43.5 Å². The van der Waals surface area contributed by atoms with E-state index in [0.29, 0.717) is 5.92 Å². The van der Waals surface area contributed by atoms with E-state index in [9.17, 15) is 4.79 Å². The maximum Gasteiger partial charge on any atom is 0.261 e. The van der Waals surface area contributed by atoms with Crippen molar-refractivity contribution in [2.45, 2.75) is 51.6 Å². The Morgan fingerprint density at radius 1 is 1.28 bits per heavy atom. The number of amides is 1. The zero-order valence-corrected chi connectivity index (χ0v) is 17.6. The minimum atomic E-state index is -0.0450. The fraction of sp³-hybridized carbons (Fsp3) is 0.522. The number of likely N-dealkylation sites (tertiary alicyclic amines) is 1. The minimum Gasteiger partial charge on any atom is -0.483 e. The van der Waals surface area contributed by atoms with Crippen LogP contribution in [0.3, 0.4) is 0 Å². The summed E-state index contributed by atoms with van der Waals surface area (Å²) in [5.41, 5.74) is 3.46. The number of fused-ring (bicyclic) bond motifs is 1. The Kier molecular flexibility index (Phi) is 5.81. The van der Waals surface area contributed by atoms with Crippen molar-refractivity contribution in [1.82, 2.24) is 19.8 Å². The van der Waals surface area contributed by atoms with Gasteiger partial charge in [-0.3, -0.25) is 4.79 Å². The van der Waals surface area contributed by atoms with Crippen LogP contribution in [-0.4, -0.2) is 52.4 Å². The number of aromatic nitrogens is 2. The second-order valence-corrected chi connectivity index (χ2v) is 8.41. The van der Waals surface area contributed by atoms with E-state index in [1.54, 1.807) is 0 Å². The van der Waals surface area contributed by atoms with Crippen molar-refractivity contribution in [3.63, 3.8) is 0 Å². The number of carbonyl (C=O) groups excluding carboxylic acids is 1. The molecule has 0 radical (unpaired) electrons. The van der Waals surface area contributed by atoms with Crippen LogP contribution in [0.4, 0.5) is 0 Å². The van der Waals surface area contributed by atoms with Crippen LogP contribution in [0.25, 0.3) is 0 Å². The molecule has 1 aromatic heterocycles. The number of benzene rings is 1. The van der Waals surface area contributed by atoms with E-state index in [1.165, 1.54) is 5.56 Å². The smallest absolute Gasteiger partial charge is 0.261 e. The summed E-state index contributed by atoms with van der Waals surface area (Å²) < 4.78 is 5.92. The molecule has 0 unspecified atom stereocenters. The van der Waals surface area contributed by atoms with E-state index >= 15 is 0 Å². The van der Waals surface area contributed by atoms with E-state index in [2.05, 4.69) is 36.8 Å². The van der Waals surface area contributed by atoms with E-state index in [1.807, 2.05) is 29.3 Å². The standard InChI is InChI=1S/C23H30N4O2/c1-16(2)18-7-4-5-9-21(18)29-15-22(28)27-11-6-8-20(27)23-24-13-17-14-26(3)12-10-19(17)25-23/h4-5,7,9,13,16,20H,6,8,10-12,14-15H2,1-3H3/t20-/m1/s1. The molecule has 2 aromatic rings. The summed E-state index contributed by atoms with van der Waals surface area (Å²) in [6.45, 7) is 6.96. The predicted molar refractivity (Wildman–Crippen MR) is 112 cm³/mol. The molecule has 29 heavy (non-hydrogen) atoms. The summed E-state index contributed by atoms with van der Waals surface area (Å²) in [5, 5.41) is 0. The molecular weight excluding hydrogens is 364 g/mol. The van der Waals surface area contributed by atoms with Gasteiger partial charge in [0.2, 0.25) is 0 Å². The lowest BCUT2D eigenvalue weighted by Crippen LogP contribution is -2.35. The lowest BCUT2D eigenvalue weighted by Gasteiger charge is -2.27. The van der Waals surface area contributed by atoms with Crippen LogP contribution in [-0.2, 0) is 17.8 Å². The summed E-state index contributed by atoms with van der Waals surface area (Å²) in [5.74, 6) is 1.93. The molecule has 0 saturated carbocycles. The van der Waals surface area contributed by atoms with Crippen LogP contribution in [0.1, 0.15) is 61.3 Å². The highest BCUT2D eigenvalue weighted by atomic mass is 16.5. The Labute approximate surface area is 172 Å². The number of hydrogen-bond acceptors (Lipinski definition) is 5. The highest BCUT2D eigenvalue weighted by molar-refractivity contribution is 5.78. The number of likely N-dealkylation sites (N-methyl/N-ethyl adjacent to an activating group) is 1. The van der Waals surface area contributed by atoms with Crippen molar-refractivity contribution in [3.8, 4) is 5.75 Å². The molecule has 0 aliphatic carbocycles. The molecule has 6 heteroatoms. The largest absolute Gasteiger partial charge is 0.483 e. The van der Waals surface area contributed by atoms with Crippen molar-refractivity contribution < 1.29 is 9.53 Å². The van der Waals surface area contributed by atoms with Gasteiger partial charge in [-0.25, -0.2) is 9.97 Å². The zero-order valence-electron chi connectivity index (χ0n) is 17.6. The SMILES string of the molecule is CC(C)c1ccccc1OCC(=O)N1CCC[C@@H]1c1ncc2c(n1)CCN(C)C2. The first-order valence-electron chi connectivity index (χ1n) is 10.6. The number of carbonyl (C=O) groups is 1. The molecule has 1 atom stereocenters. The fourth-order valence-electron chi connectivity index (χ4n) is 4.28. The first-order valence-corrected chi connectivity index (χ1v) is 10.6. The lowest BCUT2D eigenvalue weighted by atomic mass is 10.0. The summed E-state index contributed by atoms with van der Waals surface area (Å²) in [7, 11) is 2.12. The number of ether oxygens (including phenoxy) is 1. The summed E-state index contributed by atoms with van der Waals surface area (Å²) in [6.07, 6.45) is 4.77. The number of nitrogens with zero attached hydrogens (tertiary/aromatic N) is 4. The van der Waals surface area contributed by atoms with Gasteiger partial charge < -0.3 is 14.5 Å². The Balaban J connectivity index is 1.45.